The summed E-state index contributed by atoms with van der Waals surface area (Å²) in [6, 6.07) is 7.92. The number of nitrogens with zero attached hydrogens (tertiary/aromatic N) is 1. The number of amidine groups is 1. The van der Waals surface area contributed by atoms with Crippen molar-refractivity contribution in [1.29, 1.82) is 0 Å². The smallest absolute Gasteiger partial charge is 0.151 e. The first-order valence-corrected chi connectivity index (χ1v) is 4.28. The minimum Gasteiger partial charge on any atom is -0.290 e. The molecule has 2 N–H and O–H groups in total. The predicted octanol–water partition coefficient (Wildman–Crippen LogP) is 1.60. The highest BCUT2D eigenvalue weighted by molar-refractivity contribution is 5.97. The first-order valence-electron chi connectivity index (χ1n) is 4.28. The molecule has 0 heterocycles. The summed E-state index contributed by atoms with van der Waals surface area (Å²) >= 11 is 0. The van der Waals surface area contributed by atoms with Crippen LogP contribution in [0, 0.1) is 0 Å². The van der Waals surface area contributed by atoms with E-state index in [0.717, 1.165) is 12.0 Å². The van der Waals surface area contributed by atoms with Gasteiger partial charge in [-0.1, -0.05) is 31.2 Å². The SMILES string of the molecule is CCc1ccc(C(=NC)NO)cc1. The quantitative estimate of drug-likeness (QED) is 0.410. The Morgan fingerprint density at radius 1 is 1.38 bits per heavy atom. The largest absolute Gasteiger partial charge is 0.290 e. The van der Waals surface area contributed by atoms with Crippen LogP contribution in [0.3, 0.4) is 0 Å². The van der Waals surface area contributed by atoms with E-state index in [4.69, 9.17) is 5.21 Å². The summed E-state index contributed by atoms with van der Waals surface area (Å²) in [5, 5.41) is 8.73. The molecule has 0 spiro atoms. The molecule has 1 aromatic rings. The highest BCUT2D eigenvalue weighted by Crippen LogP contribution is 2.04. The van der Waals surface area contributed by atoms with Crippen LogP contribution in [-0.2, 0) is 6.42 Å². The van der Waals surface area contributed by atoms with E-state index in [1.807, 2.05) is 24.3 Å². The lowest BCUT2D eigenvalue weighted by Gasteiger charge is -2.04. The molecular formula is C10H14N2O. The normalized spacial score (nSPS) is 11.5. The number of hydrogen-bond acceptors (Lipinski definition) is 2. The van der Waals surface area contributed by atoms with Gasteiger partial charge in [-0.05, 0) is 12.0 Å². The van der Waals surface area contributed by atoms with Crippen molar-refractivity contribution in [3.63, 3.8) is 0 Å². The second kappa shape index (κ2) is 4.62. The monoisotopic (exact) mass is 178 g/mol. The van der Waals surface area contributed by atoms with Gasteiger partial charge in [-0.25, -0.2) is 0 Å². The number of hydroxylamine groups is 1. The lowest BCUT2D eigenvalue weighted by molar-refractivity contribution is 0.235. The van der Waals surface area contributed by atoms with Crippen LogP contribution >= 0.6 is 0 Å². The first kappa shape index (κ1) is 9.74. The van der Waals surface area contributed by atoms with E-state index in [-0.39, 0.29) is 0 Å². The van der Waals surface area contributed by atoms with Crippen LogP contribution in [0.25, 0.3) is 0 Å². The van der Waals surface area contributed by atoms with E-state index >= 15 is 0 Å². The maximum absolute atomic E-state index is 8.73. The van der Waals surface area contributed by atoms with Gasteiger partial charge < -0.3 is 0 Å². The van der Waals surface area contributed by atoms with Crippen molar-refractivity contribution >= 4 is 5.84 Å². The minimum atomic E-state index is 0.489. The molecule has 70 valence electrons. The number of hydrogen-bond donors (Lipinski definition) is 2. The molecule has 0 aliphatic rings. The zero-order valence-electron chi connectivity index (χ0n) is 7.91. The van der Waals surface area contributed by atoms with Gasteiger partial charge in [0.1, 0.15) is 0 Å². The average molecular weight is 178 g/mol. The number of rotatable bonds is 2. The summed E-state index contributed by atoms with van der Waals surface area (Å²) in [5.74, 6) is 0.489. The molecule has 0 aromatic heterocycles. The van der Waals surface area contributed by atoms with Gasteiger partial charge in [0.25, 0.3) is 0 Å². The number of aliphatic imine (C=N–C) groups is 1. The van der Waals surface area contributed by atoms with Crippen molar-refractivity contribution in [1.82, 2.24) is 5.48 Å². The molecule has 0 aliphatic carbocycles. The Kier molecular flexibility index (Phi) is 3.46. The Hall–Kier alpha value is -1.35. The summed E-state index contributed by atoms with van der Waals surface area (Å²) in [4.78, 5) is 3.89. The zero-order chi connectivity index (χ0) is 9.68. The van der Waals surface area contributed by atoms with Crippen LogP contribution in [0.2, 0.25) is 0 Å². The highest BCUT2D eigenvalue weighted by atomic mass is 16.5. The Bertz CT molecular complexity index is 290. The third-order valence-electron chi connectivity index (χ3n) is 1.97. The molecule has 3 heteroatoms. The predicted molar refractivity (Wildman–Crippen MR) is 53.2 cm³/mol. The molecule has 0 bridgehead atoms. The van der Waals surface area contributed by atoms with Gasteiger partial charge in [-0.3, -0.25) is 15.7 Å². The second-order valence-electron chi connectivity index (χ2n) is 2.73. The lowest BCUT2D eigenvalue weighted by atomic mass is 10.1. The van der Waals surface area contributed by atoms with E-state index < -0.39 is 0 Å². The van der Waals surface area contributed by atoms with E-state index in [9.17, 15) is 0 Å². The van der Waals surface area contributed by atoms with Crippen LogP contribution in [0.5, 0.6) is 0 Å². The van der Waals surface area contributed by atoms with Gasteiger partial charge in [-0.2, -0.15) is 0 Å². The van der Waals surface area contributed by atoms with Gasteiger partial charge in [0.2, 0.25) is 0 Å². The van der Waals surface area contributed by atoms with Crippen molar-refractivity contribution in [2.24, 2.45) is 4.99 Å². The van der Waals surface area contributed by atoms with E-state index in [1.165, 1.54) is 5.56 Å². The van der Waals surface area contributed by atoms with Crippen molar-refractivity contribution in [2.75, 3.05) is 7.05 Å². The molecule has 1 aromatic carbocycles. The standard InChI is InChI=1S/C10H14N2O/c1-3-8-4-6-9(7-5-8)10(11-2)12-13/h4-7,13H,3H2,1-2H3,(H,11,12). The Morgan fingerprint density at radius 3 is 2.38 bits per heavy atom. The third-order valence-corrected chi connectivity index (χ3v) is 1.97. The second-order valence-corrected chi connectivity index (χ2v) is 2.73. The fourth-order valence-corrected chi connectivity index (χ4v) is 1.14. The van der Waals surface area contributed by atoms with Gasteiger partial charge in [0.15, 0.2) is 5.84 Å². The summed E-state index contributed by atoms with van der Waals surface area (Å²) < 4.78 is 0. The van der Waals surface area contributed by atoms with Crippen LogP contribution in [0.15, 0.2) is 29.3 Å². The number of benzene rings is 1. The Labute approximate surface area is 78.1 Å². The van der Waals surface area contributed by atoms with Crippen molar-refractivity contribution < 1.29 is 5.21 Å². The van der Waals surface area contributed by atoms with Gasteiger partial charge in [0.05, 0.1) is 0 Å². The van der Waals surface area contributed by atoms with E-state index in [1.54, 1.807) is 7.05 Å². The zero-order valence-corrected chi connectivity index (χ0v) is 7.91. The topological polar surface area (TPSA) is 44.6 Å². The van der Waals surface area contributed by atoms with Crippen LogP contribution in [0.4, 0.5) is 0 Å². The van der Waals surface area contributed by atoms with Crippen molar-refractivity contribution in [3.05, 3.63) is 35.4 Å². The molecule has 0 unspecified atom stereocenters. The van der Waals surface area contributed by atoms with Crippen molar-refractivity contribution in [2.45, 2.75) is 13.3 Å². The van der Waals surface area contributed by atoms with E-state index in [0.29, 0.717) is 5.84 Å². The molecule has 0 amide bonds. The molecule has 3 nitrogen and oxygen atoms in total. The van der Waals surface area contributed by atoms with Crippen LogP contribution < -0.4 is 5.48 Å². The molecule has 0 saturated heterocycles. The first-order chi connectivity index (χ1) is 6.31. The molecular weight excluding hydrogens is 164 g/mol. The summed E-state index contributed by atoms with van der Waals surface area (Å²) in [7, 11) is 1.63. The minimum absolute atomic E-state index is 0.489. The van der Waals surface area contributed by atoms with Gasteiger partial charge >= 0.3 is 0 Å². The number of aryl methyl sites for hydroxylation is 1. The Balaban J connectivity index is 2.91. The molecule has 0 atom stereocenters. The molecule has 0 aliphatic heterocycles. The molecule has 1 rings (SSSR count). The maximum Gasteiger partial charge on any atom is 0.151 e. The third kappa shape index (κ3) is 2.29. The molecule has 0 saturated carbocycles. The van der Waals surface area contributed by atoms with E-state index in [2.05, 4.69) is 17.4 Å². The van der Waals surface area contributed by atoms with Gasteiger partial charge in [0, 0.05) is 12.6 Å². The molecule has 0 fully saturated rings. The lowest BCUT2D eigenvalue weighted by Crippen LogP contribution is -2.19. The molecule has 13 heavy (non-hydrogen) atoms. The maximum atomic E-state index is 8.73. The van der Waals surface area contributed by atoms with Crippen LogP contribution in [-0.4, -0.2) is 18.1 Å². The summed E-state index contributed by atoms with van der Waals surface area (Å²) in [5.41, 5.74) is 4.22. The number of nitrogens with one attached hydrogen (secondary N) is 1. The van der Waals surface area contributed by atoms with Crippen LogP contribution in [0.1, 0.15) is 18.1 Å². The highest BCUT2D eigenvalue weighted by Gasteiger charge is 1.99. The summed E-state index contributed by atoms with van der Waals surface area (Å²) in [6.07, 6.45) is 1.02. The average Bonchev–Trinajstić information content (AvgIpc) is 2.21. The fourth-order valence-electron chi connectivity index (χ4n) is 1.14. The Morgan fingerprint density at radius 2 is 2.00 bits per heavy atom. The molecule has 0 radical (unpaired) electrons. The fraction of sp³-hybridized carbons (Fsp3) is 0.300. The van der Waals surface area contributed by atoms with Gasteiger partial charge in [-0.15, -0.1) is 0 Å². The van der Waals surface area contributed by atoms with Crippen molar-refractivity contribution in [3.8, 4) is 0 Å². The summed E-state index contributed by atoms with van der Waals surface area (Å²) in [6.45, 7) is 2.11.